The van der Waals surface area contributed by atoms with Gasteiger partial charge in [0.05, 0.1) is 9.35 Å². The smallest absolute Gasteiger partial charge is 0.252 e. The molecule has 0 saturated heterocycles. The highest BCUT2D eigenvalue weighted by molar-refractivity contribution is 9.11. The topological polar surface area (TPSA) is 32.3 Å². The zero-order valence-corrected chi connectivity index (χ0v) is 14.0. The SMILES string of the molecule is O=C(NCCN1CCc2ccccc2C1)c1csc(Br)c1. The maximum Gasteiger partial charge on any atom is 0.252 e. The molecule has 2 heterocycles. The highest BCUT2D eigenvalue weighted by Gasteiger charge is 2.15. The van der Waals surface area contributed by atoms with Gasteiger partial charge in [-0.2, -0.15) is 0 Å². The fourth-order valence-electron chi connectivity index (χ4n) is 2.60. The Balaban J connectivity index is 1.47. The lowest BCUT2D eigenvalue weighted by Gasteiger charge is -2.28. The van der Waals surface area contributed by atoms with E-state index in [4.69, 9.17) is 0 Å². The molecule has 1 aromatic carbocycles. The molecule has 5 heteroatoms. The van der Waals surface area contributed by atoms with E-state index < -0.39 is 0 Å². The van der Waals surface area contributed by atoms with E-state index in [-0.39, 0.29) is 5.91 Å². The number of hydrogen-bond donors (Lipinski definition) is 1. The van der Waals surface area contributed by atoms with Crippen LogP contribution < -0.4 is 5.32 Å². The molecule has 0 bridgehead atoms. The largest absolute Gasteiger partial charge is 0.351 e. The van der Waals surface area contributed by atoms with E-state index in [1.807, 2.05) is 11.4 Å². The molecular weight excluding hydrogens is 348 g/mol. The first-order chi connectivity index (χ1) is 10.2. The number of carbonyl (C=O) groups excluding carboxylic acids is 1. The number of hydrogen-bond acceptors (Lipinski definition) is 3. The van der Waals surface area contributed by atoms with Crippen molar-refractivity contribution in [1.82, 2.24) is 10.2 Å². The normalized spacial score (nSPS) is 14.7. The van der Waals surface area contributed by atoms with Crippen LogP contribution >= 0.6 is 27.3 Å². The number of halogens is 1. The van der Waals surface area contributed by atoms with E-state index >= 15 is 0 Å². The Morgan fingerprint density at radius 1 is 1.33 bits per heavy atom. The molecule has 0 spiro atoms. The van der Waals surface area contributed by atoms with Gasteiger partial charge in [0.1, 0.15) is 0 Å². The lowest BCUT2D eigenvalue weighted by atomic mass is 10.00. The highest BCUT2D eigenvalue weighted by atomic mass is 79.9. The Bertz CT molecular complexity index is 641. The minimum absolute atomic E-state index is 0.00867. The van der Waals surface area contributed by atoms with Gasteiger partial charge in [-0.1, -0.05) is 24.3 Å². The Labute approximate surface area is 137 Å². The molecule has 0 atom stereocenters. The number of nitrogens with zero attached hydrogens (tertiary/aromatic N) is 1. The number of rotatable bonds is 4. The van der Waals surface area contributed by atoms with Gasteiger partial charge in [-0.25, -0.2) is 0 Å². The van der Waals surface area contributed by atoms with Crippen molar-refractivity contribution in [2.75, 3.05) is 19.6 Å². The lowest BCUT2D eigenvalue weighted by molar-refractivity contribution is 0.0947. The summed E-state index contributed by atoms with van der Waals surface area (Å²) in [5, 5.41) is 4.86. The van der Waals surface area contributed by atoms with Crippen LogP contribution in [0.4, 0.5) is 0 Å². The predicted molar refractivity (Wildman–Crippen MR) is 89.8 cm³/mol. The van der Waals surface area contributed by atoms with Crippen molar-refractivity contribution in [3.05, 3.63) is 56.2 Å². The molecule has 3 nitrogen and oxygen atoms in total. The summed E-state index contributed by atoms with van der Waals surface area (Å²) in [5.74, 6) is 0.00867. The molecule has 0 saturated carbocycles. The Morgan fingerprint density at radius 2 is 2.14 bits per heavy atom. The molecule has 2 aromatic rings. The number of amides is 1. The number of benzene rings is 1. The molecule has 1 N–H and O–H groups in total. The second-order valence-corrected chi connectivity index (χ2v) is 7.48. The quantitative estimate of drug-likeness (QED) is 0.902. The van der Waals surface area contributed by atoms with Crippen LogP contribution in [-0.2, 0) is 13.0 Å². The molecule has 3 rings (SSSR count). The van der Waals surface area contributed by atoms with E-state index in [0.717, 1.165) is 35.4 Å². The van der Waals surface area contributed by atoms with Gasteiger partial charge in [-0.3, -0.25) is 9.69 Å². The van der Waals surface area contributed by atoms with E-state index in [1.54, 1.807) is 0 Å². The number of carbonyl (C=O) groups is 1. The summed E-state index contributed by atoms with van der Waals surface area (Å²) in [6, 6.07) is 10.5. The molecular formula is C16H17BrN2OS. The molecule has 0 fully saturated rings. The Morgan fingerprint density at radius 3 is 2.90 bits per heavy atom. The minimum Gasteiger partial charge on any atom is -0.351 e. The van der Waals surface area contributed by atoms with Crippen LogP contribution in [0.3, 0.4) is 0 Å². The van der Waals surface area contributed by atoms with Gasteiger partial charge in [-0.15, -0.1) is 11.3 Å². The predicted octanol–water partition coefficient (Wildman–Crippen LogP) is 3.30. The molecule has 0 unspecified atom stereocenters. The summed E-state index contributed by atoms with van der Waals surface area (Å²) in [4.78, 5) is 14.3. The second kappa shape index (κ2) is 6.73. The summed E-state index contributed by atoms with van der Waals surface area (Å²) in [6.07, 6.45) is 1.10. The van der Waals surface area contributed by atoms with Gasteiger partial charge in [0.25, 0.3) is 5.91 Å². The summed E-state index contributed by atoms with van der Waals surface area (Å²) in [5.41, 5.74) is 3.61. The molecule has 1 aliphatic rings. The lowest BCUT2D eigenvalue weighted by Crippen LogP contribution is -2.37. The van der Waals surface area contributed by atoms with Crippen molar-refractivity contribution in [2.24, 2.45) is 0 Å². The van der Waals surface area contributed by atoms with Gasteiger partial charge in [0, 0.05) is 31.6 Å². The van der Waals surface area contributed by atoms with Crippen LogP contribution in [0.25, 0.3) is 0 Å². The summed E-state index contributed by atoms with van der Waals surface area (Å²) >= 11 is 4.91. The summed E-state index contributed by atoms with van der Waals surface area (Å²) < 4.78 is 0.986. The number of fused-ring (bicyclic) bond motifs is 1. The van der Waals surface area contributed by atoms with Crippen molar-refractivity contribution in [2.45, 2.75) is 13.0 Å². The van der Waals surface area contributed by atoms with E-state index in [0.29, 0.717) is 6.54 Å². The summed E-state index contributed by atoms with van der Waals surface area (Å²) in [6.45, 7) is 3.63. The first-order valence-electron chi connectivity index (χ1n) is 7.04. The van der Waals surface area contributed by atoms with Crippen LogP contribution in [0.1, 0.15) is 21.5 Å². The Hall–Kier alpha value is -1.17. The van der Waals surface area contributed by atoms with Gasteiger partial charge in [0.2, 0.25) is 0 Å². The highest BCUT2D eigenvalue weighted by Crippen LogP contribution is 2.20. The maximum absolute atomic E-state index is 12.0. The van der Waals surface area contributed by atoms with Gasteiger partial charge < -0.3 is 5.32 Å². The molecule has 0 aliphatic carbocycles. The molecule has 21 heavy (non-hydrogen) atoms. The third-order valence-electron chi connectivity index (χ3n) is 3.75. The molecule has 110 valence electrons. The van der Waals surface area contributed by atoms with Gasteiger partial charge in [0.15, 0.2) is 0 Å². The average Bonchev–Trinajstić information content (AvgIpc) is 2.94. The van der Waals surface area contributed by atoms with Crippen LogP contribution in [0, 0.1) is 0 Å². The minimum atomic E-state index is 0.00867. The molecule has 1 amide bonds. The fraction of sp³-hybridized carbons (Fsp3) is 0.312. The number of nitrogens with one attached hydrogen (secondary N) is 1. The third-order valence-corrected chi connectivity index (χ3v) is 5.26. The van der Waals surface area contributed by atoms with E-state index in [1.165, 1.54) is 22.5 Å². The van der Waals surface area contributed by atoms with Crippen molar-refractivity contribution in [3.63, 3.8) is 0 Å². The van der Waals surface area contributed by atoms with E-state index in [2.05, 4.69) is 50.4 Å². The monoisotopic (exact) mass is 364 g/mol. The standard InChI is InChI=1S/C16H17BrN2OS/c17-15-9-14(11-21-15)16(20)18-6-8-19-7-5-12-3-1-2-4-13(12)10-19/h1-4,9,11H,5-8,10H2,(H,18,20). The van der Waals surface area contributed by atoms with Crippen LogP contribution in [0.5, 0.6) is 0 Å². The van der Waals surface area contributed by atoms with Crippen LogP contribution in [-0.4, -0.2) is 30.4 Å². The van der Waals surface area contributed by atoms with Crippen LogP contribution in [0.2, 0.25) is 0 Å². The first kappa shape index (κ1) is 14.8. The molecule has 1 aliphatic heterocycles. The van der Waals surface area contributed by atoms with E-state index in [9.17, 15) is 4.79 Å². The second-order valence-electron chi connectivity index (χ2n) is 5.19. The molecule has 1 aromatic heterocycles. The zero-order valence-electron chi connectivity index (χ0n) is 11.6. The average molecular weight is 365 g/mol. The Kier molecular flexibility index (Phi) is 4.73. The fourth-order valence-corrected chi connectivity index (χ4v) is 3.74. The van der Waals surface area contributed by atoms with Crippen LogP contribution in [0.15, 0.2) is 39.5 Å². The van der Waals surface area contributed by atoms with Crippen molar-refractivity contribution < 1.29 is 4.79 Å². The first-order valence-corrected chi connectivity index (χ1v) is 8.71. The number of thiophene rings is 1. The van der Waals surface area contributed by atoms with Crippen molar-refractivity contribution in [3.8, 4) is 0 Å². The third kappa shape index (κ3) is 3.73. The molecule has 0 radical (unpaired) electrons. The van der Waals surface area contributed by atoms with Crippen molar-refractivity contribution in [1.29, 1.82) is 0 Å². The van der Waals surface area contributed by atoms with Gasteiger partial charge in [-0.05, 0) is 39.5 Å². The van der Waals surface area contributed by atoms with Gasteiger partial charge >= 0.3 is 0 Å². The zero-order chi connectivity index (χ0) is 14.7. The van der Waals surface area contributed by atoms with Crippen molar-refractivity contribution >= 4 is 33.2 Å². The summed E-state index contributed by atoms with van der Waals surface area (Å²) in [7, 11) is 0. The maximum atomic E-state index is 12.0.